The largest absolute Gasteiger partial charge is 0.314 e. The van der Waals surface area contributed by atoms with Crippen LogP contribution in [0.5, 0.6) is 0 Å². The first-order chi connectivity index (χ1) is 8.13. The molecule has 0 aromatic carbocycles. The Bertz CT molecular complexity index is 341. The van der Waals surface area contributed by atoms with Crippen molar-refractivity contribution in [1.29, 1.82) is 0 Å². The van der Waals surface area contributed by atoms with Gasteiger partial charge in [0.05, 0.1) is 5.69 Å². The van der Waals surface area contributed by atoms with Gasteiger partial charge in [-0.1, -0.05) is 19.1 Å². The number of nitrogens with zero attached hydrogens (tertiary/aromatic N) is 3. The van der Waals surface area contributed by atoms with Gasteiger partial charge < -0.3 is 5.32 Å². The highest BCUT2D eigenvalue weighted by atomic mass is 15.4. The molecule has 0 amide bonds. The van der Waals surface area contributed by atoms with Gasteiger partial charge in [-0.05, 0) is 44.1 Å². The number of aromatic nitrogens is 3. The van der Waals surface area contributed by atoms with Gasteiger partial charge in [-0.2, -0.15) is 0 Å². The smallest absolute Gasteiger partial charge is 0.0830 e. The van der Waals surface area contributed by atoms with Crippen LogP contribution in [-0.4, -0.2) is 27.6 Å². The number of hydrogen-bond acceptors (Lipinski definition) is 3. The summed E-state index contributed by atoms with van der Waals surface area (Å²) in [5.74, 6) is 1.44. The molecule has 2 rings (SSSR count). The molecular weight excluding hydrogens is 212 g/mol. The van der Waals surface area contributed by atoms with Crippen LogP contribution >= 0.6 is 0 Å². The Hall–Kier alpha value is -0.900. The van der Waals surface area contributed by atoms with Crippen molar-refractivity contribution in [2.75, 3.05) is 6.54 Å². The first kappa shape index (κ1) is 12.6. The summed E-state index contributed by atoms with van der Waals surface area (Å²) in [6.07, 6.45) is 7.06. The Balaban J connectivity index is 1.84. The van der Waals surface area contributed by atoms with Gasteiger partial charge in [-0.25, -0.2) is 0 Å². The van der Waals surface area contributed by atoms with Crippen LogP contribution in [0.15, 0.2) is 6.20 Å². The molecule has 1 aliphatic rings. The van der Waals surface area contributed by atoms with Crippen LogP contribution in [0.4, 0.5) is 0 Å². The van der Waals surface area contributed by atoms with Gasteiger partial charge in [0.25, 0.3) is 0 Å². The molecule has 1 atom stereocenters. The molecule has 4 heteroatoms. The average Bonchev–Trinajstić information content (AvgIpc) is 2.99. The van der Waals surface area contributed by atoms with Crippen molar-refractivity contribution in [2.24, 2.45) is 18.9 Å². The van der Waals surface area contributed by atoms with Gasteiger partial charge >= 0.3 is 0 Å². The maximum atomic E-state index is 4.19. The molecule has 96 valence electrons. The number of aryl methyl sites for hydroxylation is 1. The number of nitrogens with one attached hydrogen (secondary N) is 1. The minimum atomic E-state index is 0.687. The second kappa shape index (κ2) is 5.63. The van der Waals surface area contributed by atoms with Crippen LogP contribution in [0, 0.1) is 11.8 Å². The fraction of sp³-hybridized carbons (Fsp3) is 0.846. The quantitative estimate of drug-likeness (QED) is 0.784. The molecule has 17 heavy (non-hydrogen) atoms. The molecule has 1 heterocycles. The zero-order chi connectivity index (χ0) is 12.3. The van der Waals surface area contributed by atoms with Gasteiger partial charge in [0.15, 0.2) is 0 Å². The summed E-state index contributed by atoms with van der Waals surface area (Å²) in [5, 5.41) is 11.8. The minimum Gasteiger partial charge on any atom is -0.314 e. The van der Waals surface area contributed by atoms with Crippen LogP contribution in [0.25, 0.3) is 0 Å². The van der Waals surface area contributed by atoms with E-state index in [9.17, 15) is 0 Å². The van der Waals surface area contributed by atoms with Crippen LogP contribution < -0.4 is 5.32 Å². The molecule has 1 aromatic rings. The molecule has 0 bridgehead atoms. The SMILES string of the molecule is CC(C)CC(CNC1CC1)Cc1cn(C)nn1. The van der Waals surface area contributed by atoms with E-state index >= 15 is 0 Å². The zero-order valence-electron chi connectivity index (χ0n) is 11.2. The van der Waals surface area contributed by atoms with E-state index in [2.05, 4.69) is 29.5 Å². The highest BCUT2D eigenvalue weighted by molar-refractivity contribution is 4.95. The lowest BCUT2D eigenvalue weighted by Gasteiger charge is -2.18. The van der Waals surface area contributed by atoms with Crippen molar-refractivity contribution in [3.8, 4) is 0 Å². The minimum absolute atomic E-state index is 0.687. The summed E-state index contributed by atoms with van der Waals surface area (Å²) in [6, 6.07) is 0.798. The fourth-order valence-electron chi connectivity index (χ4n) is 2.31. The summed E-state index contributed by atoms with van der Waals surface area (Å²) in [5.41, 5.74) is 1.12. The number of hydrogen-bond donors (Lipinski definition) is 1. The maximum Gasteiger partial charge on any atom is 0.0830 e. The third-order valence-electron chi connectivity index (χ3n) is 3.23. The normalized spacial score (nSPS) is 17.6. The second-order valence-electron chi connectivity index (χ2n) is 5.77. The van der Waals surface area contributed by atoms with Crippen molar-refractivity contribution >= 4 is 0 Å². The molecule has 1 fully saturated rings. The molecule has 1 aliphatic carbocycles. The molecule has 1 saturated carbocycles. The lowest BCUT2D eigenvalue weighted by molar-refractivity contribution is 0.381. The molecule has 1 unspecified atom stereocenters. The van der Waals surface area contributed by atoms with E-state index in [0.29, 0.717) is 5.92 Å². The molecular formula is C13H24N4. The molecule has 0 aliphatic heterocycles. The van der Waals surface area contributed by atoms with Crippen molar-refractivity contribution < 1.29 is 0 Å². The third kappa shape index (κ3) is 4.46. The van der Waals surface area contributed by atoms with Gasteiger partial charge in [-0.15, -0.1) is 5.10 Å². The molecule has 4 nitrogen and oxygen atoms in total. The van der Waals surface area contributed by atoms with Gasteiger partial charge in [0.1, 0.15) is 0 Å². The topological polar surface area (TPSA) is 42.7 Å². The van der Waals surface area contributed by atoms with E-state index in [1.165, 1.54) is 19.3 Å². The van der Waals surface area contributed by atoms with Gasteiger partial charge in [-0.3, -0.25) is 4.68 Å². The Morgan fingerprint density at radius 3 is 2.76 bits per heavy atom. The second-order valence-corrected chi connectivity index (χ2v) is 5.77. The van der Waals surface area contributed by atoms with E-state index in [1.807, 2.05) is 13.2 Å². The van der Waals surface area contributed by atoms with Crippen molar-refractivity contribution in [2.45, 2.75) is 45.6 Å². The zero-order valence-corrected chi connectivity index (χ0v) is 11.2. The monoisotopic (exact) mass is 236 g/mol. The van der Waals surface area contributed by atoms with Crippen molar-refractivity contribution in [1.82, 2.24) is 20.3 Å². The van der Waals surface area contributed by atoms with Crippen LogP contribution in [0.1, 0.15) is 38.8 Å². The van der Waals surface area contributed by atoms with E-state index in [4.69, 9.17) is 0 Å². The third-order valence-corrected chi connectivity index (χ3v) is 3.23. The number of rotatable bonds is 7. The predicted molar refractivity (Wildman–Crippen MR) is 68.7 cm³/mol. The average molecular weight is 236 g/mol. The van der Waals surface area contributed by atoms with Crippen LogP contribution in [0.2, 0.25) is 0 Å². The first-order valence-corrected chi connectivity index (χ1v) is 6.72. The standard InChI is InChI=1S/C13H24N4/c1-10(2)6-11(8-14-12-4-5-12)7-13-9-17(3)16-15-13/h9-12,14H,4-8H2,1-3H3. The Morgan fingerprint density at radius 2 is 2.24 bits per heavy atom. The molecule has 0 spiro atoms. The van der Waals surface area contributed by atoms with Crippen LogP contribution in [0.3, 0.4) is 0 Å². The highest BCUT2D eigenvalue weighted by Gasteiger charge is 2.22. The van der Waals surface area contributed by atoms with Crippen molar-refractivity contribution in [3.63, 3.8) is 0 Å². The van der Waals surface area contributed by atoms with Gasteiger partial charge in [0, 0.05) is 19.3 Å². The summed E-state index contributed by atoms with van der Waals surface area (Å²) >= 11 is 0. The van der Waals surface area contributed by atoms with E-state index in [-0.39, 0.29) is 0 Å². The molecule has 0 saturated heterocycles. The first-order valence-electron chi connectivity index (χ1n) is 6.72. The van der Waals surface area contributed by atoms with Gasteiger partial charge in [0.2, 0.25) is 0 Å². The Morgan fingerprint density at radius 1 is 1.47 bits per heavy atom. The van der Waals surface area contributed by atoms with Crippen molar-refractivity contribution in [3.05, 3.63) is 11.9 Å². The summed E-state index contributed by atoms with van der Waals surface area (Å²) in [4.78, 5) is 0. The Labute approximate surface area is 104 Å². The summed E-state index contributed by atoms with van der Waals surface area (Å²) < 4.78 is 1.79. The summed E-state index contributed by atoms with van der Waals surface area (Å²) in [7, 11) is 1.93. The van der Waals surface area contributed by atoms with Crippen LogP contribution in [-0.2, 0) is 13.5 Å². The molecule has 1 N–H and O–H groups in total. The molecule has 1 aromatic heterocycles. The van der Waals surface area contributed by atoms with E-state index in [0.717, 1.165) is 30.6 Å². The maximum absolute atomic E-state index is 4.19. The fourth-order valence-corrected chi connectivity index (χ4v) is 2.31. The lowest BCUT2D eigenvalue weighted by Crippen LogP contribution is -2.27. The lowest BCUT2D eigenvalue weighted by atomic mass is 9.93. The molecule has 0 radical (unpaired) electrons. The summed E-state index contributed by atoms with van der Waals surface area (Å²) in [6.45, 7) is 5.71. The highest BCUT2D eigenvalue weighted by Crippen LogP contribution is 2.21. The Kier molecular flexibility index (Phi) is 4.15. The van der Waals surface area contributed by atoms with E-state index in [1.54, 1.807) is 4.68 Å². The van der Waals surface area contributed by atoms with E-state index < -0.39 is 0 Å². The predicted octanol–water partition coefficient (Wildman–Crippen LogP) is 1.77.